The first-order valence-electron chi connectivity index (χ1n) is 7.10. The Bertz CT molecular complexity index is 575. The van der Waals surface area contributed by atoms with Gasteiger partial charge in [0.2, 0.25) is 0 Å². The summed E-state index contributed by atoms with van der Waals surface area (Å²) in [6.07, 6.45) is 5.39. The van der Waals surface area contributed by atoms with Gasteiger partial charge >= 0.3 is 0 Å². The smallest absolute Gasteiger partial charge is 0.142 e. The molecule has 3 rings (SSSR count). The van der Waals surface area contributed by atoms with E-state index in [0.717, 1.165) is 30.2 Å². The molecule has 2 aromatic rings. The molecule has 0 spiro atoms. The van der Waals surface area contributed by atoms with Gasteiger partial charge in [0.25, 0.3) is 0 Å². The molecule has 106 valence electrons. The zero-order chi connectivity index (χ0) is 13.9. The van der Waals surface area contributed by atoms with Gasteiger partial charge in [0, 0.05) is 23.5 Å². The Balaban J connectivity index is 1.84. The molecule has 0 amide bonds. The largest absolute Gasteiger partial charge is 0.312 e. The van der Waals surface area contributed by atoms with Crippen LogP contribution in [0.25, 0.3) is 10.7 Å². The van der Waals surface area contributed by atoms with Crippen LogP contribution in [-0.2, 0) is 6.54 Å². The molecule has 1 saturated carbocycles. The van der Waals surface area contributed by atoms with Gasteiger partial charge in [0.15, 0.2) is 0 Å². The van der Waals surface area contributed by atoms with Gasteiger partial charge in [-0.2, -0.15) is 0 Å². The SMILES string of the molecule is CCCNCc1sc(-c2ccc(Cl)cn2)nc1C1CC1. The van der Waals surface area contributed by atoms with Crippen LogP contribution in [0.15, 0.2) is 18.3 Å². The van der Waals surface area contributed by atoms with Crippen molar-refractivity contribution in [2.24, 2.45) is 0 Å². The molecule has 0 saturated heterocycles. The topological polar surface area (TPSA) is 37.8 Å². The third-order valence-electron chi connectivity index (χ3n) is 3.35. The van der Waals surface area contributed by atoms with E-state index in [1.807, 2.05) is 12.1 Å². The van der Waals surface area contributed by atoms with Crippen molar-refractivity contribution in [3.63, 3.8) is 0 Å². The van der Waals surface area contributed by atoms with E-state index in [4.69, 9.17) is 16.6 Å². The van der Waals surface area contributed by atoms with E-state index in [9.17, 15) is 0 Å². The summed E-state index contributed by atoms with van der Waals surface area (Å²) in [6, 6.07) is 3.82. The predicted molar refractivity (Wildman–Crippen MR) is 84.3 cm³/mol. The first kappa shape index (κ1) is 14.0. The molecule has 0 unspecified atom stereocenters. The van der Waals surface area contributed by atoms with Crippen LogP contribution in [-0.4, -0.2) is 16.5 Å². The van der Waals surface area contributed by atoms with E-state index >= 15 is 0 Å². The van der Waals surface area contributed by atoms with Crippen LogP contribution in [0.2, 0.25) is 5.02 Å². The molecule has 1 N–H and O–H groups in total. The second-order valence-electron chi connectivity index (χ2n) is 5.14. The van der Waals surface area contributed by atoms with Crippen LogP contribution in [0, 0.1) is 0 Å². The summed E-state index contributed by atoms with van der Waals surface area (Å²) in [6.45, 7) is 4.16. The number of nitrogens with one attached hydrogen (secondary N) is 1. The first-order valence-corrected chi connectivity index (χ1v) is 8.29. The van der Waals surface area contributed by atoms with Crippen LogP contribution in [0.4, 0.5) is 0 Å². The monoisotopic (exact) mass is 307 g/mol. The minimum absolute atomic E-state index is 0.664. The van der Waals surface area contributed by atoms with Gasteiger partial charge < -0.3 is 5.32 Å². The number of nitrogens with zero attached hydrogens (tertiary/aromatic N) is 2. The standard InChI is InChI=1S/C15H18ClN3S/c1-2-7-17-9-13-14(10-3-4-10)19-15(20-13)12-6-5-11(16)8-18-12/h5-6,8,10,17H,2-4,7,9H2,1H3. The lowest BCUT2D eigenvalue weighted by molar-refractivity contribution is 0.676. The van der Waals surface area contributed by atoms with Crippen LogP contribution in [0.1, 0.15) is 42.7 Å². The summed E-state index contributed by atoms with van der Waals surface area (Å²) in [7, 11) is 0. The van der Waals surface area contributed by atoms with Crippen LogP contribution in [0.5, 0.6) is 0 Å². The van der Waals surface area contributed by atoms with E-state index < -0.39 is 0 Å². The number of halogens is 1. The minimum atomic E-state index is 0.664. The lowest BCUT2D eigenvalue weighted by Crippen LogP contribution is -2.13. The Kier molecular flexibility index (Phi) is 4.34. The zero-order valence-corrected chi connectivity index (χ0v) is 13.1. The molecule has 2 heterocycles. The van der Waals surface area contributed by atoms with Crippen molar-refractivity contribution in [3.8, 4) is 10.7 Å². The Labute approximate surface area is 128 Å². The van der Waals surface area contributed by atoms with Crippen LogP contribution >= 0.6 is 22.9 Å². The van der Waals surface area contributed by atoms with Crippen LogP contribution in [0.3, 0.4) is 0 Å². The van der Waals surface area contributed by atoms with Crippen molar-refractivity contribution in [1.29, 1.82) is 0 Å². The normalized spacial score (nSPS) is 14.7. The summed E-state index contributed by atoms with van der Waals surface area (Å²) in [4.78, 5) is 10.6. The molecule has 0 atom stereocenters. The van der Waals surface area contributed by atoms with Gasteiger partial charge in [-0.3, -0.25) is 4.98 Å². The lowest BCUT2D eigenvalue weighted by Gasteiger charge is -2.01. The van der Waals surface area contributed by atoms with E-state index in [2.05, 4.69) is 17.2 Å². The summed E-state index contributed by atoms with van der Waals surface area (Å²) in [5.41, 5.74) is 2.20. The second kappa shape index (κ2) is 6.20. The number of thiazole rings is 1. The maximum atomic E-state index is 5.89. The number of rotatable bonds is 6. The molecular formula is C15H18ClN3S. The fourth-order valence-electron chi connectivity index (χ4n) is 2.16. The fourth-order valence-corrected chi connectivity index (χ4v) is 3.36. The van der Waals surface area contributed by atoms with Crippen molar-refractivity contribution < 1.29 is 0 Å². The Morgan fingerprint density at radius 1 is 1.40 bits per heavy atom. The van der Waals surface area contributed by atoms with Crippen molar-refractivity contribution in [3.05, 3.63) is 33.9 Å². The molecule has 20 heavy (non-hydrogen) atoms. The average molecular weight is 308 g/mol. The molecule has 1 fully saturated rings. The fraction of sp³-hybridized carbons (Fsp3) is 0.467. The van der Waals surface area contributed by atoms with Gasteiger partial charge in [0.05, 0.1) is 16.4 Å². The molecule has 0 bridgehead atoms. The molecule has 1 aliphatic carbocycles. The summed E-state index contributed by atoms with van der Waals surface area (Å²) in [5.74, 6) is 0.672. The summed E-state index contributed by atoms with van der Waals surface area (Å²) < 4.78 is 0. The number of hydrogen-bond donors (Lipinski definition) is 1. The average Bonchev–Trinajstić information content (AvgIpc) is 3.21. The lowest BCUT2D eigenvalue weighted by atomic mass is 10.2. The highest BCUT2D eigenvalue weighted by atomic mass is 35.5. The number of hydrogen-bond acceptors (Lipinski definition) is 4. The second-order valence-corrected chi connectivity index (χ2v) is 6.66. The number of aromatic nitrogens is 2. The van der Waals surface area contributed by atoms with Gasteiger partial charge in [-0.25, -0.2) is 4.98 Å². The maximum absolute atomic E-state index is 5.89. The molecule has 1 aliphatic rings. The molecule has 5 heteroatoms. The van der Waals surface area contributed by atoms with Crippen molar-refractivity contribution in [1.82, 2.24) is 15.3 Å². The number of pyridine rings is 1. The van der Waals surface area contributed by atoms with Crippen molar-refractivity contribution >= 4 is 22.9 Å². The van der Waals surface area contributed by atoms with E-state index in [1.54, 1.807) is 17.5 Å². The Hall–Kier alpha value is -0.970. The van der Waals surface area contributed by atoms with Crippen LogP contribution < -0.4 is 5.32 Å². The first-order chi connectivity index (χ1) is 9.78. The Morgan fingerprint density at radius 2 is 2.25 bits per heavy atom. The van der Waals surface area contributed by atoms with E-state index in [0.29, 0.717) is 10.9 Å². The quantitative estimate of drug-likeness (QED) is 0.811. The van der Waals surface area contributed by atoms with Gasteiger partial charge in [-0.1, -0.05) is 18.5 Å². The summed E-state index contributed by atoms with van der Waals surface area (Å²) in [5, 5.41) is 5.15. The van der Waals surface area contributed by atoms with Gasteiger partial charge in [0.1, 0.15) is 5.01 Å². The summed E-state index contributed by atoms with van der Waals surface area (Å²) >= 11 is 7.65. The third-order valence-corrected chi connectivity index (χ3v) is 4.67. The Morgan fingerprint density at radius 3 is 2.90 bits per heavy atom. The zero-order valence-electron chi connectivity index (χ0n) is 11.5. The van der Waals surface area contributed by atoms with E-state index in [-0.39, 0.29) is 0 Å². The molecular weight excluding hydrogens is 290 g/mol. The highest BCUT2D eigenvalue weighted by molar-refractivity contribution is 7.15. The minimum Gasteiger partial charge on any atom is -0.312 e. The molecule has 3 nitrogen and oxygen atoms in total. The maximum Gasteiger partial charge on any atom is 0.142 e. The third kappa shape index (κ3) is 3.19. The molecule has 0 radical (unpaired) electrons. The van der Waals surface area contributed by atoms with Crippen molar-refractivity contribution in [2.75, 3.05) is 6.54 Å². The molecule has 0 aromatic carbocycles. The predicted octanol–water partition coefficient (Wildman–Crippen LogP) is 4.24. The van der Waals surface area contributed by atoms with Gasteiger partial charge in [-0.05, 0) is 37.9 Å². The van der Waals surface area contributed by atoms with Crippen molar-refractivity contribution in [2.45, 2.75) is 38.6 Å². The molecule has 0 aliphatic heterocycles. The highest BCUT2D eigenvalue weighted by Crippen LogP contribution is 2.44. The highest BCUT2D eigenvalue weighted by Gasteiger charge is 2.29. The molecule has 2 aromatic heterocycles. The van der Waals surface area contributed by atoms with Gasteiger partial charge in [-0.15, -0.1) is 11.3 Å². The van der Waals surface area contributed by atoms with E-state index in [1.165, 1.54) is 23.4 Å².